The molecule has 0 bridgehead atoms. The molecule has 1 aliphatic rings. The van der Waals surface area contributed by atoms with Crippen LogP contribution in [0.3, 0.4) is 0 Å². The normalized spacial score (nSPS) is 16.7. The van der Waals surface area contributed by atoms with Crippen LogP contribution in [0.1, 0.15) is 22.8 Å². The maximum atomic E-state index is 13.2. The fraction of sp³-hybridized carbons (Fsp3) is 0.136. The van der Waals surface area contributed by atoms with Crippen molar-refractivity contribution in [3.05, 3.63) is 94.0 Å². The molecule has 0 radical (unpaired) electrons. The Kier molecular flexibility index (Phi) is 5.44. The lowest BCUT2D eigenvalue weighted by molar-refractivity contribution is -0.118. The molecule has 1 atom stereocenters. The highest BCUT2D eigenvalue weighted by atomic mass is 35.5. The number of amides is 1. The number of halogens is 2. The van der Waals surface area contributed by atoms with Gasteiger partial charge in [-0.1, -0.05) is 71.7 Å². The van der Waals surface area contributed by atoms with Crippen molar-refractivity contribution >= 4 is 46.6 Å². The monoisotopic (exact) mass is 413 g/mol. The highest BCUT2D eigenvalue weighted by molar-refractivity contribution is 7.99. The van der Waals surface area contributed by atoms with E-state index in [4.69, 9.17) is 23.2 Å². The van der Waals surface area contributed by atoms with E-state index in [1.165, 1.54) is 0 Å². The second-order valence-electron chi connectivity index (χ2n) is 6.42. The summed E-state index contributed by atoms with van der Waals surface area (Å²) >= 11 is 14.0. The van der Waals surface area contributed by atoms with Crippen LogP contribution in [-0.4, -0.2) is 5.91 Å². The molecule has 0 spiro atoms. The van der Waals surface area contributed by atoms with E-state index in [0.717, 1.165) is 21.7 Å². The minimum Gasteiger partial charge on any atom is -0.307 e. The molecular weight excluding hydrogens is 397 g/mol. The number of para-hydroxylation sites is 1. The molecule has 1 unspecified atom stereocenters. The second-order valence-corrected chi connectivity index (χ2v) is 8.48. The molecule has 1 aliphatic heterocycles. The number of hydrogen-bond donors (Lipinski definition) is 0. The molecule has 3 aromatic rings. The van der Waals surface area contributed by atoms with Crippen LogP contribution < -0.4 is 4.90 Å². The zero-order chi connectivity index (χ0) is 18.8. The predicted molar refractivity (Wildman–Crippen MR) is 114 cm³/mol. The van der Waals surface area contributed by atoms with Gasteiger partial charge in [0.1, 0.15) is 0 Å². The molecule has 0 aromatic heterocycles. The first-order valence-corrected chi connectivity index (χ1v) is 10.3. The Morgan fingerprint density at radius 3 is 2.44 bits per heavy atom. The first-order chi connectivity index (χ1) is 13.1. The summed E-state index contributed by atoms with van der Waals surface area (Å²) in [5, 5.41) is 1.03. The molecule has 136 valence electrons. The van der Waals surface area contributed by atoms with E-state index in [0.29, 0.717) is 23.0 Å². The maximum Gasteiger partial charge on any atom is 0.228 e. The number of benzene rings is 3. The fourth-order valence-electron chi connectivity index (χ4n) is 3.22. The Bertz CT molecular complexity index is 977. The third-order valence-electron chi connectivity index (χ3n) is 4.59. The van der Waals surface area contributed by atoms with E-state index in [2.05, 4.69) is 6.07 Å². The summed E-state index contributed by atoms with van der Waals surface area (Å²) in [6.07, 6.45) is 0.407. The molecule has 3 aromatic carbocycles. The summed E-state index contributed by atoms with van der Waals surface area (Å²) in [5.41, 5.74) is 3.08. The summed E-state index contributed by atoms with van der Waals surface area (Å²) in [6.45, 7) is 0.561. The van der Waals surface area contributed by atoms with Crippen LogP contribution in [0.2, 0.25) is 10.0 Å². The summed E-state index contributed by atoms with van der Waals surface area (Å²) in [6, 6.07) is 23.8. The number of hydrogen-bond acceptors (Lipinski definition) is 2. The van der Waals surface area contributed by atoms with Gasteiger partial charge in [-0.25, -0.2) is 0 Å². The van der Waals surface area contributed by atoms with Crippen LogP contribution in [0.25, 0.3) is 0 Å². The second kappa shape index (κ2) is 7.97. The van der Waals surface area contributed by atoms with Crippen LogP contribution in [0, 0.1) is 0 Å². The smallest absolute Gasteiger partial charge is 0.228 e. The van der Waals surface area contributed by atoms with E-state index in [9.17, 15) is 4.79 Å². The van der Waals surface area contributed by atoms with Crippen molar-refractivity contribution in [3.63, 3.8) is 0 Å². The van der Waals surface area contributed by atoms with Gasteiger partial charge in [-0.05, 0) is 35.4 Å². The van der Waals surface area contributed by atoms with Gasteiger partial charge in [0, 0.05) is 16.6 Å². The van der Waals surface area contributed by atoms with Crippen molar-refractivity contribution in [3.8, 4) is 0 Å². The Hall–Kier alpha value is -1.94. The molecule has 0 N–H and O–H groups in total. The molecule has 0 saturated carbocycles. The van der Waals surface area contributed by atoms with E-state index >= 15 is 0 Å². The third kappa shape index (κ3) is 4.01. The van der Waals surface area contributed by atoms with Gasteiger partial charge in [-0.2, -0.15) is 0 Å². The molecule has 5 heteroatoms. The van der Waals surface area contributed by atoms with Crippen molar-refractivity contribution in [2.24, 2.45) is 0 Å². The molecule has 27 heavy (non-hydrogen) atoms. The van der Waals surface area contributed by atoms with Crippen molar-refractivity contribution in [1.29, 1.82) is 0 Å². The largest absolute Gasteiger partial charge is 0.307 e. The van der Waals surface area contributed by atoms with Crippen molar-refractivity contribution in [2.45, 2.75) is 23.1 Å². The summed E-state index contributed by atoms with van der Waals surface area (Å²) < 4.78 is 0. The minimum absolute atomic E-state index is 0.00538. The molecule has 1 heterocycles. The topological polar surface area (TPSA) is 20.3 Å². The van der Waals surface area contributed by atoms with Crippen molar-refractivity contribution in [2.75, 3.05) is 4.90 Å². The van der Waals surface area contributed by atoms with Crippen LogP contribution in [0.4, 0.5) is 5.69 Å². The van der Waals surface area contributed by atoms with Gasteiger partial charge in [-0.15, -0.1) is 11.8 Å². The molecule has 0 fully saturated rings. The van der Waals surface area contributed by atoms with Crippen LogP contribution in [-0.2, 0) is 11.3 Å². The summed E-state index contributed by atoms with van der Waals surface area (Å²) in [5.74, 6) is 0.104. The average molecular weight is 414 g/mol. The predicted octanol–water partition coefficient (Wildman–Crippen LogP) is 6.76. The van der Waals surface area contributed by atoms with Crippen molar-refractivity contribution < 1.29 is 4.79 Å². The summed E-state index contributed by atoms with van der Waals surface area (Å²) in [7, 11) is 0. The molecular formula is C22H17Cl2NOS. The zero-order valence-corrected chi connectivity index (χ0v) is 16.8. The molecule has 4 rings (SSSR count). The lowest BCUT2D eigenvalue weighted by atomic mass is 10.1. The summed E-state index contributed by atoms with van der Waals surface area (Å²) in [4.78, 5) is 16.1. The highest BCUT2D eigenvalue weighted by Crippen LogP contribution is 2.46. The van der Waals surface area contributed by atoms with Crippen LogP contribution in [0.5, 0.6) is 0 Å². The number of rotatable bonds is 3. The minimum atomic E-state index is -0.00538. The van der Waals surface area contributed by atoms with Gasteiger partial charge in [0.25, 0.3) is 0 Å². The highest BCUT2D eigenvalue weighted by Gasteiger charge is 2.29. The number of carbonyl (C=O) groups excluding carboxylic acids is 1. The lowest BCUT2D eigenvalue weighted by Gasteiger charge is -2.22. The maximum absolute atomic E-state index is 13.2. The van der Waals surface area contributed by atoms with Gasteiger partial charge in [0.05, 0.1) is 22.3 Å². The SMILES string of the molecule is O=C1CC(c2ccc(Cl)c(Cl)c2)Sc2ccccc2N1Cc1ccccc1. The molecule has 1 amide bonds. The van der Waals surface area contributed by atoms with Crippen LogP contribution in [0.15, 0.2) is 77.7 Å². The number of thioether (sulfide) groups is 1. The van der Waals surface area contributed by atoms with Gasteiger partial charge >= 0.3 is 0 Å². The molecule has 0 saturated heterocycles. The first-order valence-electron chi connectivity index (χ1n) is 8.67. The van der Waals surface area contributed by atoms with Gasteiger partial charge in [-0.3, -0.25) is 4.79 Å². The number of carbonyl (C=O) groups is 1. The number of fused-ring (bicyclic) bond motifs is 1. The number of nitrogens with zero attached hydrogens (tertiary/aromatic N) is 1. The Morgan fingerprint density at radius 2 is 1.67 bits per heavy atom. The Balaban J connectivity index is 1.71. The van der Waals surface area contributed by atoms with Gasteiger partial charge < -0.3 is 4.90 Å². The lowest BCUT2D eigenvalue weighted by Crippen LogP contribution is -2.30. The van der Waals surface area contributed by atoms with E-state index in [-0.39, 0.29) is 11.2 Å². The molecule has 2 nitrogen and oxygen atoms in total. The average Bonchev–Trinajstić information content (AvgIpc) is 2.82. The van der Waals surface area contributed by atoms with E-state index in [1.807, 2.05) is 65.6 Å². The zero-order valence-electron chi connectivity index (χ0n) is 14.4. The standard InChI is InChI=1S/C22H17Cl2NOS/c23-17-11-10-16(12-18(17)24)21-13-22(26)25(14-15-6-2-1-3-7-15)19-8-4-5-9-20(19)27-21/h1-12,21H,13-14H2. The number of anilines is 1. The fourth-order valence-corrected chi connectivity index (χ4v) is 4.79. The van der Waals surface area contributed by atoms with E-state index < -0.39 is 0 Å². The Morgan fingerprint density at radius 1 is 0.926 bits per heavy atom. The van der Waals surface area contributed by atoms with E-state index in [1.54, 1.807) is 17.8 Å². The van der Waals surface area contributed by atoms with Gasteiger partial charge in [0.2, 0.25) is 5.91 Å². The quantitative estimate of drug-likeness (QED) is 0.472. The van der Waals surface area contributed by atoms with Gasteiger partial charge in [0.15, 0.2) is 0 Å². The van der Waals surface area contributed by atoms with Crippen LogP contribution >= 0.6 is 35.0 Å². The van der Waals surface area contributed by atoms with Crippen molar-refractivity contribution in [1.82, 2.24) is 0 Å². The third-order valence-corrected chi connectivity index (χ3v) is 6.65. The first kappa shape index (κ1) is 18.4. The molecule has 0 aliphatic carbocycles. The Labute approximate surface area is 173 Å².